The zero-order chi connectivity index (χ0) is 17.9. The molecule has 2 rings (SSSR count). The first-order valence-corrected chi connectivity index (χ1v) is 9.48. The normalized spacial score (nSPS) is 11.7. The first-order chi connectivity index (χ1) is 11.2. The van der Waals surface area contributed by atoms with Crippen molar-refractivity contribution in [2.75, 3.05) is 13.6 Å². The molecule has 0 fully saturated rings. The molecule has 0 radical (unpaired) electrons. The van der Waals surface area contributed by atoms with Gasteiger partial charge in [0, 0.05) is 23.6 Å². The molecule has 1 N–H and O–H groups in total. The number of likely N-dealkylation sites (N-methyl/N-ethyl adjacent to an activating group) is 1. The number of nitrogens with one attached hydrogen (secondary N) is 1. The molecular formula is C16H19BrN2O4S. The second kappa shape index (κ2) is 7.50. The lowest BCUT2D eigenvalue weighted by Gasteiger charge is -2.17. The van der Waals surface area contributed by atoms with Gasteiger partial charge in [0.05, 0.1) is 11.4 Å². The highest BCUT2D eigenvalue weighted by Gasteiger charge is 2.22. The number of hydrogen-bond acceptors (Lipinski definition) is 4. The number of amides is 1. The molecule has 0 unspecified atom stereocenters. The van der Waals surface area contributed by atoms with Crippen LogP contribution in [0.25, 0.3) is 0 Å². The van der Waals surface area contributed by atoms with E-state index in [0.717, 1.165) is 25.9 Å². The van der Waals surface area contributed by atoms with E-state index in [1.807, 2.05) is 19.9 Å². The maximum atomic E-state index is 12.4. The SMILES string of the molecule is Cc1cc(CNC(=O)CN(C)S(=O)(=O)c2ccc(Br)cc2)c(C)o1. The molecule has 130 valence electrons. The molecule has 1 aromatic carbocycles. The minimum absolute atomic E-state index is 0.141. The van der Waals surface area contributed by atoms with E-state index in [1.165, 1.54) is 19.2 Å². The van der Waals surface area contributed by atoms with Crippen molar-refractivity contribution < 1.29 is 17.6 Å². The summed E-state index contributed by atoms with van der Waals surface area (Å²) in [6.45, 7) is 3.69. The number of halogens is 1. The van der Waals surface area contributed by atoms with Gasteiger partial charge in [0.25, 0.3) is 0 Å². The molecule has 0 aliphatic heterocycles. The predicted octanol–water partition coefficient (Wildman–Crippen LogP) is 2.60. The molecule has 0 saturated heterocycles. The summed E-state index contributed by atoms with van der Waals surface area (Å²) < 4.78 is 32.1. The standard InChI is InChI=1S/C16H19BrN2O4S/c1-11-8-13(12(2)23-11)9-18-16(20)10-19(3)24(21,22)15-6-4-14(17)5-7-15/h4-8H,9-10H2,1-3H3,(H,18,20). The highest BCUT2D eigenvalue weighted by molar-refractivity contribution is 9.10. The topological polar surface area (TPSA) is 79.6 Å². The molecule has 0 atom stereocenters. The Labute approximate surface area is 150 Å². The summed E-state index contributed by atoms with van der Waals surface area (Å²) in [5.41, 5.74) is 0.874. The van der Waals surface area contributed by atoms with Crippen LogP contribution >= 0.6 is 15.9 Å². The first-order valence-electron chi connectivity index (χ1n) is 7.24. The lowest BCUT2D eigenvalue weighted by molar-refractivity contribution is -0.121. The third-order valence-electron chi connectivity index (χ3n) is 3.51. The van der Waals surface area contributed by atoms with Gasteiger partial charge in [-0.2, -0.15) is 4.31 Å². The van der Waals surface area contributed by atoms with Crippen LogP contribution < -0.4 is 5.32 Å². The Morgan fingerprint density at radius 3 is 2.42 bits per heavy atom. The fourth-order valence-electron chi connectivity index (χ4n) is 2.18. The Balaban J connectivity index is 1.97. The van der Waals surface area contributed by atoms with Crippen LogP contribution in [0, 0.1) is 13.8 Å². The van der Waals surface area contributed by atoms with Gasteiger partial charge in [-0.05, 0) is 44.2 Å². The molecule has 2 aromatic rings. The Bertz CT molecular complexity index is 828. The molecule has 24 heavy (non-hydrogen) atoms. The van der Waals surface area contributed by atoms with E-state index in [1.54, 1.807) is 12.1 Å². The van der Waals surface area contributed by atoms with E-state index in [-0.39, 0.29) is 17.3 Å². The van der Waals surface area contributed by atoms with Crippen molar-refractivity contribution in [3.05, 3.63) is 51.9 Å². The Morgan fingerprint density at radius 1 is 1.25 bits per heavy atom. The molecule has 8 heteroatoms. The van der Waals surface area contributed by atoms with E-state index in [9.17, 15) is 13.2 Å². The second-order valence-electron chi connectivity index (χ2n) is 5.43. The molecule has 1 heterocycles. The van der Waals surface area contributed by atoms with E-state index >= 15 is 0 Å². The number of rotatable bonds is 6. The lowest BCUT2D eigenvalue weighted by Crippen LogP contribution is -2.38. The third-order valence-corrected chi connectivity index (χ3v) is 5.85. The van der Waals surface area contributed by atoms with Gasteiger partial charge in [-0.25, -0.2) is 8.42 Å². The molecule has 0 saturated carbocycles. The van der Waals surface area contributed by atoms with Crippen molar-refractivity contribution in [1.82, 2.24) is 9.62 Å². The molecule has 1 aromatic heterocycles. The van der Waals surface area contributed by atoms with Gasteiger partial charge in [0.15, 0.2) is 0 Å². The zero-order valence-electron chi connectivity index (χ0n) is 13.7. The average Bonchev–Trinajstić information content (AvgIpc) is 2.83. The van der Waals surface area contributed by atoms with Crippen LogP contribution in [0.15, 0.2) is 44.1 Å². The van der Waals surface area contributed by atoms with E-state index in [0.29, 0.717) is 6.54 Å². The fraction of sp³-hybridized carbons (Fsp3) is 0.312. The zero-order valence-corrected chi connectivity index (χ0v) is 16.1. The van der Waals surface area contributed by atoms with E-state index in [2.05, 4.69) is 21.2 Å². The van der Waals surface area contributed by atoms with Crippen molar-refractivity contribution in [2.24, 2.45) is 0 Å². The third kappa shape index (κ3) is 4.46. The lowest BCUT2D eigenvalue weighted by atomic mass is 10.2. The van der Waals surface area contributed by atoms with Gasteiger partial charge in [0.1, 0.15) is 11.5 Å². The van der Waals surface area contributed by atoms with Gasteiger partial charge in [-0.15, -0.1) is 0 Å². The Kier molecular flexibility index (Phi) is 5.84. The van der Waals surface area contributed by atoms with Crippen molar-refractivity contribution in [2.45, 2.75) is 25.3 Å². The largest absolute Gasteiger partial charge is 0.466 e. The summed E-state index contributed by atoms with van der Waals surface area (Å²) in [4.78, 5) is 12.2. The second-order valence-corrected chi connectivity index (χ2v) is 8.39. The summed E-state index contributed by atoms with van der Waals surface area (Å²) in [5.74, 6) is 1.13. The van der Waals surface area contributed by atoms with Crippen molar-refractivity contribution in [3.8, 4) is 0 Å². The highest BCUT2D eigenvalue weighted by Crippen LogP contribution is 2.18. The van der Waals surface area contributed by atoms with Crippen LogP contribution in [0.1, 0.15) is 17.1 Å². The van der Waals surface area contributed by atoms with Gasteiger partial charge < -0.3 is 9.73 Å². The van der Waals surface area contributed by atoms with Crippen LogP contribution in [-0.2, 0) is 21.4 Å². The number of benzene rings is 1. The number of sulfonamides is 1. The van der Waals surface area contributed by atoms with Crippen LogP contribution in [-0.4, -0.2) is 32.2 Å². The van der Waals surface area contributed by atoms with Gasteiger partial charge in [-0.3, -0.25) is 4.79 Å². The average molecular weight is 415 g/mol. The fourth-order valence-corrected chi connectivity index (χ4v) is 3.57. The van der Waals surface area contributed by atoms with Crippen LogP contribution in [0.3, 0.4) is 0 Å². The quantitative estimate of drug-likeness (QED) is 0.787. The smallest absolute Gasteiger partial charge is 0.243 e. The van der Waals surface area contributed by atoms with E-state index < -0.39 is 10.0 Å². The molecule has 0 aliphatic rings. The summed E-state index contributed by atoms with van der Waals surface area (Å²) >= 11 is 3.26. The molecule has 0 bridgehead atoms. The van der Waals surface area contributed by atoms with Gasteiger partial charge in [-0.1, -0.05) is 15.9 Å². The summed E-state index contributed by atoms with van der Waals surface area (Å²) in [6.07, 6.45) is 0. The maximum absolute atomic E-state index is 12.4. The maximum Gasteiger partial charge on any atom is 0.243 e. The molecular weight excluding hydrogens is 396 g/mol. The Hall–Kier alpha value is -1.64. The summed E-state index contributed by atoms with van der Waals surface area (Å²) in [7, 11) is -2.33. The number of aryl methyl sites for hydroxylation is 2. The minimum Gasteiger partial charge on any atom is -0.466 e. The van der Waals surface area contributed by atoms with Crippen molar-refractivity contribution >= 4 is 31.9 Å². The minimum atomic E-state index is -3.70. The number of nitrogens with zero attached hydrogens (tertiary/aromatic N) is 1. The summed E-state index contributed by atoms with van der Waals surface area (Å²) in [6, 6.07) is 8.12. The molecule has 0 aliphatic carbocycles. The van der Waals surface area contributed by atoms with Crippen LogP contribution in [0.5, 0.6) is 0 Å². The molecule has 1 amide bonds. The number of carbonyl (C=O) groups excluding carboxylic acids is 1. The predicted molar refractivity (Wildman–Crippen MR) is 94.0 cm³/mol. The number of carbonyl (C=O) groups is 1. The first kappa shape index (κ1) is 18.7. The summed E-state index contributed by atoms with van der Waals surface area (Å²) in [5, 5.41) is 2.70. The number of hydrogen-bond donors (Lipinski definition) is 1. The van der Waals surface area contributed by atoms with Crippen molar-refractivity contribution in [1.29, 1.82) is 0 Å². The Morgan fingerprint density at radius 2 is 1.88 bits per heavy atom. The number of furan rings is 1. The molecule has 6 nitrogen and oxygen atoms in total. The monoisotopic (exact) mass is 414 g/mol. The van der Waals surface area contributed by atoms with Gasteiger partial charge in [0.2, 0.25) is 15.9 Å². The van der Waals surface area contributed by atoms with E-state index in [4.69, 9.17) is 4.42 Å². The molecule has 0 spiro atoms. The van der Waals surface area contributed by atoms with Crippen molar-refractivity contribution in [3.63, 3.8) is 0 Å². The van der Waals surface area contributed by atoms with Crippen LogP contribution in [0.4, 0.5) is 0 Å². The van der Waals surface area contributed by atoms with Crippen LogP contribution in [0.2, 0.25) is 0 Å². The van der Waals surface area contributed by atoms with Gasteiger partial charge >= 0.3 is 0 Å². The highest BCUT2D eigenvalue weighted by atomic mass is 79.9.